The van der Waals surface area contributed by atoms with Crippen molar-refractivity contribution in [2.75, 3.05) is 39.3 Å². The summed E-state index contributed by atoms with van der Waals surface area (Å²) in [6.07, 6.45) is 2.64. The third-order valence-electron chi connectivity index (χ3n) is 8.48. The van der Waals surface area contributed by atoms with Crippen molar-refractivity contribution in [3.63, 3.8) is 0 Å². The Hall–Kier alpha value is -2.56. The maximum atomic E-state index is 12.9. The van der Waals surface area contributed by atoms with Gasteiger partial charge in [0.2, 0.25) is 0 Å². The first kappa shape index (κ1) is 20.8. The maximum absolute atomic E-state index is 12.9. The molecule has 0 radical (unpaired) electrons. The smallest absolute Gasteiger partial charge is 0.323 e. The second-order valence-electron chi connectivity index (χ2n) is 11.5. The highest BCUT2D eigenvalue weighted by Crippen LogP contribution is 2.56. The van der Waals surface area contributed by atoms with E-state index in [2.05, 4.69) is 26.3 Å². The molecule has 0 atom stereocenters. The van der Waals surface area contributed by atoms with Crippen LogP contribution in [0, 0.1) is 10.8 Å². The summed E-state index contributed by atoms with van der Waals surface area (Å²) in [6, 6.07) is 2.39. The number of likely N-dealkylation sites (tertiary alicyclic amines) is 3. The predicted molar refractivity (Wildman–Crippen MR) is 115 cm³/mol. The van der Waals surface area contributed by atoms with Crippen molar-refractivity contribution in [2.24, 2.45) is 10.8 Å². The van der Waals surface area contributed by atoms with Gasteiger partial charge < -0.3 is 9.80 Å². The average molecular weight is 476 g/mol. The molecule has 0 aromatic carbocycles. The number of alkyl halides is 3. The monoisotopic (exact) mass is 475 g/mol. The minimum absolute atomic E-state index is 0.0476. The summed E-state index contributed by atoms with van der Waals surface area (Å²) < 4.78 is 38.1. The first-order valence-electron chi connectivity index (χ1n) is 12.1. The van der Waals surface area contributed by atoms with E-state index in [0.29, 0.717) is 23.9 Å². The van der Waals surface area contributed by atoms with Crippen molar-refractivity contribution in [1.29, 1.82) is 0 Å². The highest BCUT2D eigenvalue weighted by molar-refractivity contribution is 5.77. The number of carbonyl (C=O) groups excluding carboxylic acids is 1. The van der Waals surface area contributed by atoms with Gasteiger partial charge in [0.15, 0.2) is 0 Å². The summed E-state index contributed by atoms with van der Waals surface area (Å²) in [5.74, 6) is 1.22. The van der Waals surface area contributed by atoms with Crippen molar-refractivity contribution in [2.45, 2.75) is 50.4 Å². The van der Waals surface area contributed by atoms with Gasteiger partial charge in [-0.05, 0) is 31.7 Å². The van der Waals surface area contributed by atoms with Crippen LogP contribution in [0.25, 0.3) is 0 Å². The second kappa shape index (κ2) is 6.77. The fourth-order valence-electron chi connectivity index (χ4n) is 6.67. The van der Waals surface area contributed by atoms with Crippen molar-refractivity contribution in [1.82, 2.24) is 34.7 Å². The lowest BCUT2D eigenvalue weighted by molar-refractivity contribution is -0.212. The highest BCUT2D eigenvalue weighted by Gasteiger charge is 2.58. The Labute approximate surface area is 195 Å². The molecular formula is C23H28F3N7O. The number of halogens is 3. The number of amides is 2. The largest absolute Gasteiger partial charge is 0.504 e. The molecule has 5 aliphatic rings. The van der Waals surface area contributed by atoms with Crippen LogP contribution in [0.1, 0.15) is 54.5 Å². The van der Waals surface area contributed by atoms with E-state index in [1.807, 2.05) is 9.80 Å². The molecular weight excluding hydrogens is 447 g/mol. The van der Waals surface area contributed by atoms with Gasteiger partial charge in [-0.25, -0.2) is 4.79 Å². The summed E-state index contributed by atoms with van der Waals surface area (Å²) in [5, 5.41) is 11.1. The lowest BCUT2D eigenvalue weighted by Gasteiger charge is -2.63. The van der Waals surface area contributed by atoms with Crippen LogP contribution < -0.4 is 0 Å². The molecule has 1 N–H and O–H groups in total. The molecule has 2 spiro atoms. The van der Waals surface area contributed by atoms with Crippen molar-refractivity contribution < 1.29 is 18.0 Å². The summed E-state index contributed by atoms with van der Waals surface area (Å²) in [6.45, 7) is 5.26. The lowest BCUT2D eigenvalue weighted by atomic mass is 9.57. The quantitative estimate of drug-likeness (QED) is 0.738. The molecule has 3 saturated heterocycles. The van der Waals surface area contributed by atoms with Gasteiger partial charge in [-0.3, -0.25) is 10.00 Å². The third kappa shape index (κ3) is 3.34. The van der Waals surface area contributed by atoms with Gasteiger partial charge >= 0.3 is 12.3 Å². The molecule has 2 aromatic rings. The average Bonchev–Trinajstić information content (AvgIpc) is 3.19. The molecule has 11 heteroatoms. The molecule has 7 rings (SSSR count). The van der Waals surface area contributed by atoms with E-state index in [1.54, 1.807) is 0 Å². The van der Waals surface area contributed by atoms with Gasteiger partial charge in [-0.1, -0.05) is 0 Å². The number of H-pyrrole nitrogens is 1. The minimum atomic E-state index is -4.47. The van der Waals surface area contributed by atoms with E-state index in [9.17, 15) is 18.0 Å². The summed E-state index contributed by atoms with van der Waals surface area (Å²) >= 11 is 0. The number of nitrogens with one attached hydrogen (secondary N) is 1. The Balaban J connectivity index is 0.844. The molecule has 3 aliphatic heterocycles. The van der Waals surface area contributed by atoms with Crippen LogP contribution in [0.2, 0.25) is 0 Å². The maximum Gasteiger partial charge on any atom is 0.504 e. The Morgan fingerprint density at radius 3 is 2.32 bits per heavy atom. The molecule has 2 saturated carbocycles. The molecule has 2 aromatic heterocycles. The van der Waals surface area contributed by atoms with Crippen LogP contribution in [-0.4, -0.2) is 80.0 Å². The summed E-state index contributed by atoms with van der Waals surface area (Å²) in [4.78, 5) is 18.9. The van der Waals surface area contributed by atoms with E-state index < -0.39 is 6.30 Å². The summed E-state index contributed by atoms with van der Waals surface area (Å²) in [5.41, 5.74) is 3.44. The fourth-order valence-corrected chi connectivity index (χ4v) is 6.67. The number of aromatic amines is 1. The normalized spacial score (nSPS) is 25.7. The number of hydrogen-bond acceptors (Lipinski definition) is 4. The molecule has 182 valence electrons. The van der Waals surface area contributed by atoms with Crippen molar-refractivity contribution >= 4 is 6.03 Å². The number of carbonyl (C=O) groups is 1. The van der Waals surface area contributed by atoms with E-state index in [0.717, 1.165) is 58.3 Å². The Bertz CT molecular complexity index is 1110. The molecule has 2 aliphatic carbocycles. The van der Waals surface area contributed by atoms with E-state index in [1.165, 1.54) is 30.4 Å². The molecule has 2 amide bonds. The van der Waals surface area contributed by atoms with Gasteiger partial charge in [-0.15, -0.1) is 13.2 Å². The van der Waals surface area contributed by atoms with E-state index in [4.69, 9.17) is 0 Å². The number of rotatable bonds is 4. The molecule has 5 heterocycles. The predicted octanol–water partition coefficient (Wildman–Crippen LogP) is 3.08. The van der Waals surface area contributed by atoms with Crippen LogP contribution in [0.4, 0.5) is 18.0 Å². The number of hydrogen-bond donors (Lipinski definition) is 1. The third-order valence-corrected chi connectivity index (χ3v) is 8.48. The topological polar surface area (TPSA) is 73.3 Å². The Morgan fingerprint density at radius 2 is 1.71 bits per heavy atom. The fraction of sp³-hybridized carbons (Fsp3) is 0.696. The minimum Gasteiger partial charge on any atom is -0.323 e. The molecule has 34 heavy (non-hydrogen) atoms. The van der Waals surface area contributed by atoms with Gasteiger partial charge in [0.1, 0.15) is 0 Å². The van der Waals surface area contributed by atoms with Crippen LogP contribution >= 0.6 is 0 Å². The highest BCUT2D eigenvalue weighted by atomic mass is 19.4. The van der Waals surface area contributed by atoms with E-state index in [-0.39, 0.29) is 21.5 Å². The number of aromatic nitrogens is 4. The number of urea groups is 1. The molecule has 0 bridgehead atoms. The zero-order valence-electron chi connectivity index (χ0n) is 18.9. The van der Waals surface area contributed by atoms with Crippen molar-refractivity contribution in [3.8, 4) is 0 Å². The second-order valence-corrected chi connectivity index (χ2v) is 11.5. The lowest BCUT2D eigenvalue weighted by Crippen LogP contribution is -2.75. The molecule has 8 nitrogen and oxygen atoms in total. The number of nitrogens with zero attached hydrogens (tertiary/aromatic N) is 6. The van der Waals surface area contributed by atoms with Gasteiger partial charge in [0.25, 0.3) is 0 Å². The molecule has 5 fully saturated rings. The van der Waals surface area contributed by atoms with Crippen LogP contribution in [0.5, 0.6) is 0 Å². The first-order valence-corrected chi connectivity index (χ1v) is 12.1. The zero-order chi connectivity index (χ0) is 23.3. The van der Waals surface area contributed by atoms with E-state index >= 15 is 0 Å². The summed E-state index contributed by atoms with van der Waals surface area (Å²) in [7, 11) is 0. The van der Waals surface area contributed by atoms with Crippen molar-refractivity contribution in [3.05, 3.63) is 35.4 Å². The van der Waals surface area contributed by atoms with Crippen LogP contribution in [0.3, 0.4) is 0 Å². The van der Waals surface area contributed by atoms with Gasteiger partial charge in [0.05, 0.1) is 11.9 Å². The van der Waals surface area contributed by atoms with Crippen LogP contribution in [0.15, 0.2) is 18.5 Å². The van der Waals surface area contributed by atoms with Gasteiger partial charge in [0, 0.05) is 85.9 Å². The van der Waals surface area contributed by atoms with Crippen LogP contribution in [-0.2, 0) is 12.8 Å². The Kier molecular flexibility index (Phi) is 4.14. The first-order chi connectivity index (χ1) is 16.2. The SMILES string of the molecule is O=C(N1CC2(CC(c3cc(C4CC4)[nH]n3)C2)C1)N1CC2(CN(Cc3cnn(C(F)(F)F)c3)C2)C1. The Morgan fingerprint density at radius 1 is 1.03 bits per heavy atom. The molecule has 0 unspecified atom stereocenters. The standard InChI is InChI=1S/C23H28F3N7O/c24-23(25,26)33-8-15(6-27-33)7-30-9-22(10-30)13-32(14-22)20(34)31-11-21(12-31)4-17(5-21)19-3-18(28-29-19)16-1-2-16/h3,6,8,16-17H,1-2,4-5,7,9-14H2,(H,28,29). The van der Waals surface area contributed by atoms with Gasteiger partial charge in [-0.2, -0.15) is 14.9 Å². The zero-order valence-corrected chi connectivity index (χ0v) is 18.9.